The Hall–Kier alpha value is -0.610. The number of rotatable bonds is 4. The Bertz CT molecular complexity index is 102. The Morgan fingerprint density at radius 2 is 2.20 bits per heavy atom. The summed E-state index contributed by atoms with van der Waals surface area (Å²) in [7, 11) is 1.46. The van der Waals surface area contributed by atoms with Gasteiger partial charge in [-0.1, -0.05) is 6.92 Å². The summed E-state index contributed by atoms with van der Waals surface area (Å²) in [6.45, 7) is 3.31. The standard InChI is InChI=1S/C6H12O4/c1-4-6(7)10-9-5(2)8-3/h5H,4H2,1-3H3. The molecule has 60 valence electrons. The van der Waals surface area contributed by atoms with Crippen molar-refractivity contribution in [2.75, 3.05) is 7.11 Å². The fraction of sp³-hybridized carbons (Fsp3) is 0.833. The first-order valence-corrected chi connectivity index (χ1v) is 3.09. The zero-order valence-electron chi connectivity index (χ0n) is 6.42. The summed E-state index contributed by atoms with van der Waals surface area (Å²) in [6.07, 6.45) is -0.202. The number of carbonyl (C=O) groups excluding carboxylic acids is 1. The van der Waals surface area contributed by atoms with E-state index in [0.29, 0.717) is 6.42 Å². The van der Waals surface area contributed by atoms with Crippen LogP contribution in [0.3, 0.4) is 0 Å². The van der Waals surface area contributed by atoms with E-state index in [1.54, 1.807) is 13.8 Å². The Morgan fingerprint density at radius 3 is 2.60 bits per heavy atom. The molecule has 0 rings (SSSR count). The van der Waals surface area contributed by atoms with E-state index < -0.39 is 12.3 Å². The molecule has 4 nitrogen and oxygen atoms in total. The van der Waals surface area contributed by atoms with Crippen molar-refractivity contribution in [3.8, 4) is 0 Å². The first-order chi connectivity index (χ1) is 4.70. The van der Waals surface area contributed by atoms with E-state index in [4.69, 9.17) is 0 Å². The van der Waals surface area contributed by atoms with Crippen LogP contribution in [0.15, 0.2) is 0 Å². The monoisotopic (exact) mass is 148 g/mol. The Labute approximate surface area is 60.0 Å². The lowest BCUT2D eigenvalue weighted by atomic mass is 10.5. The van der Waals surface area contributed by atoms with Gasteiger partial charge < -0.3 is 4.74 Å². The van der Waals surface area contributed by atoms with Gasteiger partial charge in [0.15, 0.2) is 6.29 Å². The molecule has 0 aliphatic heterocycles. The van der Waals surface area contributed by atoms with Crippen molar-refractivity contribution in [1.82, 2.24) is 0 Å². The smallest absolute Gasteiger partial charge is 0.342 e. The van der Waals surface area contributed by atoms with Crippen molar-refractivity contribution in [3.63, 3.8) is 0 Å². The summed E-state index contributed by atoms with van der Waals surface area (Å²) in [6, 6.07) is 0. The first kappa shape index (κ1) is 9.39. The molecule has 4 heteroatoms. The highest BCUT2D eigenvalue weighted by molar-refractivity contribution is 5.68. The second-order valence-electron chi connectivity index (χ2n) is 1.71. The van der Waals surface area contributed by atoms with Gasteiger partial charge in [-0.15, -0.1) is 0 Å². The van der Waals surface area contributed by atoms with Gasteiger partial charge in [-0.3, -0.25) is 4.89 Å². The molecule has 0 aromatic carbocycles. The summed E-state index contributed by atoms with van der Waals surface area (Å²) >= 11 is 0. The minimum absolute atomic E-state index is 0.302. The maximum absolute atomic E-state index is 10.4. The van der Waals surface area contributed by atoms with Crippen molar-refractivity contribution in [3.05, 3.63) is 0 Å². The Kier molecular flexibility index (Phi) is 4.88. The molecule has 0 fully saturated rings. The molecule has 0 bridgehead atoms. The van der Waals surface area contributed by atoms with Crippen molar-refractivity contribution >= 4 is 5.97 Å². The molecule has 0 heterocycles. The quantitative estimate of drug-likeness (QED) is 0.337. The van der Waals surface area contributed by atoms with Gasteiger partial charge in [-0.05, 0) is 6.92 Å². The molecule has 10 heavy (non-hydrogen) atoms. The van der Waals surface area contributed by atoms with Crippen LogP contribution in [0.5, 0.6) is 0 Å². The molecule has 0 aromatic heterocycles. The van der Waals surface area contributed by atoms with Crippen molar-refractivity contribution < 1.29 is 19.3 Å². The molecule has 0 aliphatic carbocycles. The topological polar surface area (TPSA) is 44.8 Å². The number of hydrogen-bond donors (Lipinski definition) is 0. The summed E-state index contributed by atoms with van der Waals surface area (Å²) in [5.41, 5.74) is 0. The van der Waals surface area contributed by atoms with Gasteiger partial charge in [0.2, 0.25) is 0 Å². The molecule has 0 radical (unpaired) electrons. The number of carbonyl (C=O) groups is 1. The van der Waals surface area contributed by atoms with E-state index in [9.17, 15) is 4.79 Å². The maximum atomic E-state index is 10.4. The zero-order valence-corrected chi connectivity index (χ0v) is 6.42. The fourth-order valence-electron chi connectivity index (χ4n) is 0.220. The SMILES string of the molecule is CCC(=O)OOC(C)OC. The molecule has 1 atom stereocenters. The lowest BCUT2D eigenvalue weighted by molar-refractivity contribution is -0.342. The predicted molar refractivity (Wildman–Crippen MR) is 33.9 cm³/mol. The predicted octanol–water partition coefficient (Wildman–Crippen LogP) is 0.864. The average molecular weight is 148 g/mol. The van der Waals surface area contributed by atoms with Gasteiger partial charge >= 0.3 is 5.97 Å². The van der Waals surface area contributed by atoms with Crippen molar-refractivity contribution in [1.29, 1.82) is 0 Å². The highest BCUT2D eigenvalue weighted by atomic mass is 17.2. The number of methoxy groups -OCH3 is 1. The van der Waals surface area contributed by atoms with E-state index in [2.05, 4.69) is 14.5 Å². The second-order valence-corrected chi connectivity index (χ2v) is 1.71. The third-order valence-corrected chi connectivity index (χ3v) is 0.897. The van der Waals surface area contributed by atoms with E-state index in [-0.39, 0.29) is 0 Å². The van der Waals surface area contributed by atoms with Crippen LogP contribution in [-0.2, 0) is 19.3 Å². The third-order valence-electron chi connectivity index (χ3n) is 0.897. The maximum Gasteiger partial charge on any atom is 0.342 e. The Balaban J connectivity index is 3.26. The van der Waals surface area contributed by atoms with Gasteiger partial charge in [0.25, 0.3) is 0 Å². The number of ether oxygens (including phenoxy) is 1. The van der Waals surface area contributed by atoms with Crippen LogP contribution in [0.1, 0.15) is 20.3 Å². The summed E-state index contributed by atoms with van der Waals surface area (Å²) in [5, 5.41) is 0. The average Bonchev–Trinajstić information content (AvgIpc) is 1.99. The molecule has 0 amide bonds. The van der Waals surface area contributed by atoms with E-state index in [1.807, 2.05) is 0 Å². The second kappa shape index (κ2) is 5.20. The molecular weight excluding hydrogens is 136 g/mol. The third kappa shape index (κ3) is 4.29. The van der Waals surface area contributed by atoms with Crippen LogP contribution in [0, 0.1) is 0 Å². The molecule has 0 aliphatic rings. The van der Waals surface area contributed by atoms with Crippen molar-refractivity contribution in [2.24, 2.45) is 0 Å². The highest BCUT2D eigenvalue weighted by Crippen LogP contribution is 1.93. The molecule has 1 unspecified atom stereocenters. The van der Waals surface area contributed by atoms with Gasteiger partial charge in [-0.25, -0.2) is 4.79 Å². The van der Waals surface area contributed by atoms with Crippen LogP contribution in [-0.4, -0.2) is 19.4 Å². The van der Waals surface area contributed by atoms with Gasteiger partial charge in [0.1, 0.15) is 0 Å². The summed E-state index contributed by atoms with van der Waals surface area (Å²) < 4.78 is 4.65. The molecule has 0 saturated carbocycles. The van der Waals surface area contributed by atoms with Crippen LogP contribution >= 0.6 is 0 Å². The molecule has 0 spiro atoms. The van der Waals surface area contributed by atoms with Gasteiger partial charge in [-0.2, -0.15) is 4.89 Å². The fourth-order valence-corrected chi connectivity index (χ4v) is 0.220. The van der Waals surface area contributed by atoms with E-state index in [1.165, 1.54) is 7.11 Å². The van der Waals surface area contributed by atoms with Crippen LogP contribution in [0.2, 0.25) is 0 Å². The van der Waals surface area contributed by atoms with E-state index in [0.717, 1.165) is 0 Å². The van der Waals surface area contributed by atoms with Gasteiger partial charge in [0, 0.05) is 13.5 Å². The first-order valence-electron chi connectivity index (χ1n) is 3.09. The minimum Gasteiger partial charge on any atom is -0.352 e. The number of hydrogen-bond acceptors (Lipinski definition) is 4. The molecule has 0 aromatic rings. The lowest BCUT2D eigenvalue weighted by Gasteiger charge is -2.07. The lowest BCUT2D eigenvalue weighted by Crippen LogP contribution is -2.14. The highest BCUT2D eigenvalue weighted by Gasteiger charge is 2.03. The van der Waals surface area contributed by atoms with Crippen LogP contribution in [0.25, 0.3) is 0 Å². The summed E-state index contributed by atoms with van der Waals surface area (Å²) in [5.74, 6) is -0.399. The van der Waals surface area contributed by atoms with Crippen molar-refractivity contribution in [2.45, 2.75) is 26.6 Å². The molecule has 0 N–H and O–H groups in total. The van der Waals surface area contributed by atoms with Gasteiger partial charge in [0.05, 0.1) is 0 Å². The Morgan fingerprint density at radius 1 is 1.60 bits per heavy atom. The molecular formula is C6H12O4. The molecule has 0 saturated heterocycles. The van der Waals surface area contributed by atoms with E-state index >= 15 is 0 Å². The zero-order chi connectivity index (χ0) is 7.98. The van der Waals surface area contributed by atoms with Crippen LogP contribution in [0.4, 0.5) is 0 Å². The summed E-state index contributed by atoms with van der Waals surface area (Å²) in [4.78, 5) is 19.2. The van der Waals surface area contributed by atoms with Crippen LogP contribution < -0.4 is 0 Å². The minimum atomic E-state index is -0.504. The normalized spacial score (nSPS) is 12.7. The largest absolute Gasteiger partial charge is 0.352 e.